The summed E-state index contributed by atoms with van der Waals surface area (Å²) in [6, 6.07) is 12.4. The van der Waals surface area contributed by atoms with Crippen molar-refractivity contribution in [2.24, 2.45) is 0 Å². The number of aryl methyl sites for hydroxylation is 1. The predicted molar refractivity (Wildman–Crippen MR) is 121 cm³/mol. The van der Waals surface area contributed by atoms with Gasteiger partial charge < -0.3 is 9.84 Å². The second-order valence-electron chi connectivity index (χ2n) is 7.68. The number of pyridine rings is 1. The Morgan fingerprint density at radius 2 is 1.85 bits per heavy atom. The fraction of sp³-hybridized carbons (Fsp3) is 0.160. The van der Waals surface area contributed by atoms with Gasteiger partial charge in [-0.15, -0.1) is 11.8 Å². The van der Waals surface area contributed by atoms with Crippen molar-refractivity contribution in [2.45, 2.75) is 30.7 Å². The van der Waals surface area contributed by atoms with Gasteiger partial charge in [-0.05, 0) is 36.8 Å². The lowest BCUT2D eigenvalue weighted by atomic mass is 9.99. The molecule has 0 amide bonds. The van der Waals surface area contributed by atoms with Gasteiger partial charge in [0.1, 0.15) is 16.7 Å². The van der Waals surface area contributed by atoms with Crippen LogP contribution in [0.25, 0.3) is 11.4 Å². The normalized spacial score (nSPS) is 12.1. The van der Waals surface area contributed by atoms with Crippen molar-refractivity contribution in [1.29, 1.82) is 0 Å². The molecular formula is C25H19F2N3O2S. The van der Waals surface area contributed by atoms with Crippen molar-refractivity contribution in [1.82, 2.24) is 15.0 Å². The van der Waals surface area contributed by atoms with Crippen molar-refractivity contribution in [3.05, 3.63) is 94.3 Å². The molecule has 0 radical (unpaired) electrons. The molecule has 166 valence electrons. The van der Waals surface area contributed by atoms with E-state index < -0.39 is 0 Å². The zero-order valence-corrected chi connectivity index (χ0v) is 18.5. The van der Waals surface area contributed by atoms with Gasteiger partial charge in [0.25, 0.3) is 0 Å². The zero-order chi connectivity index (χ0) is 22.9. The van der Waals surface area contributed by atoms with Gasteiger partial charge in [0.15, 0.2) is 11.6 Å². The number of hydrogen-bond acceptors (Lipinski definition) is 6. The molecule has 33 heavy (non-hydrogen) atoms. The highest BCUT2D eigenvalue weighted by Gasteiger charge is 2.27. The Bertz CT molecular complexity index is 1350. The maximum Gasteiger partial charge on any atom is 0.227 e. The summed E-state index contributed by atoms with van der Waals surface area (Å²) in [4.78, 5) is 13.6. The van der Waals surface area contributed by atoms with E-state index in [9.17, 15) is 13.9 Å². The Labute approximate surface area is 193 Å². The minimum Gasteiger partial charge on any atom is -0.436 e. The first-order chi connectivity index (χ1) is 16.0. The third kappa shape index (κ3) is 4.31. The van der Waals surface area contributed by atoms with Gasteiger partial charge in [0, 0.05) is 35.1 Å². The molecule has 0 aliphatic carbocycles. The monoisotopic (exact) mass is 463 g/mol. The third-order valence-electron chi connectivity index (χ3n) is 5.43. The summed E-state index contributed by atoms with van der Waals surface area (Å²) >= 11 is 1.47. The second-order valence-corrected chi connectivity index (χ2v) is 8.64. The summed E-state index contributed by atoms with van der Waals surface area (Å²) in [6.07, 6.45) is 2.12. The summed E-state index contributed by atoms with van der Waals surface area (Å²) in [5, 5.41) is 10.5. The highest BCUT2D eigenvalue weighted by Crippen LogP contribution is 2.43. The lowest BCUT2D eigenvalue weighted by Crippen LogP contribution is -2.13. The van der Waals surface area contributed by atoms with E-state index in [0.717, 1.165) is 16.7 Å². The fourth-order valence-corrected chi connectivity index (χ4v) is 4.68. The molecule has 1 N–H and O–H groups in total. The molecule has 4 aromatic rings. The average Bonchev–Trinajstić information content (AvgIpc) is 2.83. The van der Waals surface area contributed by atoms with Crippen molar-refractivity contribution >= 4 is 11.8 Å². The number of ether oxygens (including phenoxy) is 1. The average molecular weight is 464 g/mol. The van der Waals surface area contributed by atoms with E-state index in [1.165, 1.54) is 36.0 Å². The molecule has 1 aliphatic rings. The standard InChI is InChI=1S/C25H19F2N3O2S/c1-14-22-20(17(12-31)11-28-14)10-21-24(32-22)29-23(16-3-2-4-19(27)9-16)30-25(21)33-13-15-5-7-18(26)8-6-15/h2-9,11,31H,10,12-13H2,1H3. The molecule has 0 saturated heterocycles. The van der Waals surface area contributed by atoms with Gasteiger partial charge in [-0.1, -0.05) is 24.3 Å². The third-order valence-corrected chi connectivity index (χ3v) is 6.52. The molecule has 3 heterocycles. The quantitative estimate of drug-likeness (QED) is 0.270. The number of nitrogens with zero attached hydrogens (tertiary/aromatic N) is 3. The largest absolute Gasteiger partial charge is 0.436 e. The van der Waals surface area contributed by atoms with Gasteiger partial charge >= 0.3 is 0 Å². The van der Waals surface area contributed by atoms with E-state index in [0.29, 0.717) is 51.5 Å². The van der Waals surface area contributed by atoms with E-state index in [4.69, 9.17) is 9.72 Å². The summed E-state index contributed by atoms with van der Waals surface area (Å²) < 4.78 is 33.3. The van der Waals surface area contributed by atoms with Crippen LogP contribution >= 0.6 is 11.8 Å². The predicted octanol–water partition coefficient (Wildman–Crippen LogP) is 5.61. The number of halogens is 2. The highest BCUT2D eigenvalue weighted by molar-refractivity contribution is 7.98. The summed E-state index contributed by atoms with van der Waals surface area (Å²) in [7, 11) is 0. The Hall–Kier alpha value is -3.36. The number of benzene rings is 2. The Balaban J connectivity index is 1.59. The van der Waals surface area contributed by atoms with Gasteiger partial charge in [0.05, 0.1) is 17.9 Å². The van der Waals surface area contributed by atoms with Crippen LogP contribution in [0.1, 0.15) is 27.9 Å². The van der Waals surface area contributed by atoms with Gasteiger partial charge in [-0.25, -0.2) is 13.8 Å². The number of thioether (sulfide) groups is 1. The van der Waals surface area contributed by atoms with Crippen molar-refractivity contribution in [3.63, 3.8) is 0 Å². The maximum absolute atomic E-state index is 13.9. The lowest BCUT2D eigenvalue weighted by Gasteiger charge is -2.24. The maximum atomic E-state index is 13.9. The van der Waals surface area contributed by atoms with E-state index in [1.807, 2.05) is 6.92 Å². The second kappa shape index (κ2) is 8.88. The van der Waals surface area contributed by atoms with Gasteiger partial charge in [0.2, 0.25) is 5.88 Å². The van der Waals surface area contributed by atoms with E-state index in [1.54, 1.807) is 30.5 Å². The van der Waals surface area contributed by atoms with Crippen molar-refractivity contribution < 1.29 is 18.6 Å². The van der Waals surface area contributed by atoms with Crippen LogP contribution in [0.4, 0.5) is 8.78 Å². The van der Waals surface area contributed by atoms with Crippen LogP contribution in [0.15, 0.2) is 59.8 Å². The number of aromatic nitrogens is 3. The van der Waals surface area contributed by atoms with Gasteiger partial charge in [-0.2, -0.15) is 4.98 Å². The number of fused-ring (bicyclic) bond motifs is 2. The minimum absolute atomic E-state index is 0.158. The van der Waals surface area contributed by atoms with Crippen LogP contribution < -0.4 is 4.74 Å². The Kier molecular flexibility index (Phi) is 5.78. The first kappa shape index (κ1) is 21.5. The number of aliphatic hydroxyl groups is 1. The van der Waals surface area contributed by atoms with Gasteiger partial charge in [-0.3, -0.25) is 4.98 Å². The molecule has 0 spiro atoms. The molecule has 0 unspecified atom stereocenters. The number of rotatable bonds is 5. The van der Waals surface area contributed by atoms with E-state index >= 15 is 0 Å². The van der Waals surface area contributed by atoms with Crippen LogP contribution in [0, 0.1) is 18.6 Å². The molecule has 2 aromatic carbocycles. The molecule has 0 saturated carbocycles. The van der Waals surface area contributed by atoms with Crippen LogP contribution in [0.3, 0.4) is 0 Å². The summed E-state index contributed by atoms with van der Waals surface area (Å²) in [6.45, 7) is 1.68. The van der Waals surface area contributed by atoms with Crippen LogP contribution in [-0.4, -0.2) is 20.1 Å². The topological polar surface area (TPSA) is 68.1 Å². The first-order valence-corrected chi connectivity index (χ1v) is 11.3. The minimum atomic E-state index is -0.381. The molecule has 0 atom stereocenters. The molecule has 8 heteroatoms. The molecule has 1 aliphatic heterocycles. The highest BCUT2D eigenvalue weighted by atomic mass is 32.2. The van der Waals surface area contributed by atoms with Crippen LogP contribution in [0.2, 0.25) is 0 Å². The van der Waals surface area contributed by atoms with Crippen LogP contribution in [-0.2, 0) is 18.8 Å². The Morgan fingerprint density at radius 3 is 2.61 bits per heavy atom. The van der Waals surface area contributed by atoms with Crippen LogP contribution in [0.5, 0.6) is 11.6 Å². The molecule has 5 rings (SSSR count). The van der Waals surface area contributed by atoms with E-state index in [-0.39, 0.29) is 18.2 Å². The number of hydrogen-bond donors (Lipinski definition) is 1. The number of aliphatic hydroxyl groups excluding tert-OH is 1. The van der Waals surface area contributed by atoms with Crippen molar-refractivity contribution in [2.75, 3.05) is 0 Å². The lowest BCUT2D eigenvalue weighted by molar-refractivity contribution is 0.278. The Morgan fingerprint density at radius 1 is 1.03 bits per heavy atom. The SMILES string of the molecule is Cc1ncc(CO)c2c1Oc1nc(-c3cccc(F)c3)nc(SCc3ccc(F)cc3)c1C2. The summed E-state index contributed by atoms with van der Waals surface area (Å²) in [5.74, 6) is 1.20. The molecule has 5 nitrogen and oxygen atoms in total. The fourth-order valence-electron chi connectivity index (χ4n) is 3.70. The zero-order valence-electron chi connectivity index (χ0n) is 17.7. The summed E-state index contributed by atoms with van der Waals surface area (Å²) in [5.41, 5.74) is 4.49. The first-order valence-electron chi connectivity index (χ1n) is 10.3. The smallest absolute Gasteiger partial charge is 0.227 e. The molecule has 0 bridgehead atoms. The van der Waals surface area contributed by atoms with E-state index in [2.05, 4.69) is 9.97 Å². The molecular weight excluding hydrogens is 444 g/mol. The molecule has 2 aromatic heterocycles. The van der Waals surface area contributed by atoms with Crippen molar-refractivity contribution in [3.8, 4) is 23.0 Å². The molecule has 0 fully saturated rings.